The fourth-order valence-electron chi connectivity index (χ4n) is 2.38. The summed E-state index contributed by atoms with van der Waals surface area (Å²) in [6.45, 7) is 3.85. The molecular weight excluding hydrogens is 454 g/mol. The third-order valence-electron chi connectivity index (χ3n) is 3.52. The first-order valence-corrected chi connectivity index (χ1v) is 9.52. The molecule has 0 spiro atoms. The van der Waals surface area contributed by atoms with Gasteiger partial charge < -0.3 is 0 Å². The lowest BCUT2D eigenvalue weighted by Gasteiger charge is -2.08. The number of nitrogens with zero attached hydrogens (tertiary/aromatic N) is 2. The van der Waals surface area contributed by atoms with Gasteiger partial charge in [-0.15, -0.1) is 10.2 Å². The van der Waals surface area contributed by atoms with Gasteiger partial charge in [0.05, 0.1) is 0 Å². The van der Waals surface area contributed by atoms with Crippen LogP contribution in [0, 0.1) is 13.8 Å². The standard InChI is InChI=1S/C17H13Br2N3OS/c1-9-4-3-5-10(2)14(9)15(23)20-17-22-21-16(24-17)12-7-6-11(18)8-13(12)19/h3-8H,1-2H3,(H,20,22,23). The van der Waals surface area contributed by atoms with E-state index >= 15 is 0 Å². The zero-order chi connectivity index (χ0) is 17.3. The zero-order valence-electron chi connectivity index (χ0n) is 12.9. The van der Waals surface area contributed by atoms with Crippen molar-refractivity contribution in [2.45, 2.75) is 13.8 Å². The Hall–Kier alpha value is -1.57. The molecule has 0 radical (unpaired) electrons. The molecule has 24 heavy (non-hydrogen) atoms. The van der Waals surface area contributed by atoms with Crippen LogP contribution >= 0.6 is 43.2 Å². The number of anilines is 1. The molecule has 0 aliphatic rings. The summed E-state index contributed by atoms with van der Waals surface area (Å²) in [6.07, 6.45) is 0. The van der Waals surface area contributed by atoms with Gasteiger partial charge in [0.25, 0.3) is 5.91 Å². The van der Waals surface area contributed by atoms with Crippen LogP contribution in [0.25, 0.3) is 10.6 Å². The van der Waals surface area contributed by atoms with E-state index in [1.54, 1.807) is 0 Å². The first kappa shape index (κ1) is 17.3. The third-order valence-corrected chi connectivity index (χ3v) is 5.54. The molecule has 0 saturated heterocycles. The molecule has 0 saturated carbocycles. The minimum atomic E-state index is -0.164. The lowest BCUT2D eigenvalue weighted by Crippen LogP contribution is -2.14. The highest BCUT2D eigenvalue weighted by molar-refractivity contribution is 9.11. The number of hydrogen-bond acceptors (Lipinski definition) is 4. The maximum atomic E-state index is 12.5. The minimum absolute atomic E-state index is 0.164. The van der Waals surface area contributed by atoms with E-state index in [4.69, 9.17) is 0 Å². The molecule has 2 aromatic carbocycles. The second kappa shape index (κ2) is 7.13. The topological polar surface area (TPSA) is 54.9 Å². The highest BCUT2D eigenvalue weighted by atomic mass is 79.9. The molecule has 1 amide bonds. The van der Waals surface area contributed by atoms with Crippen molar-refractivity contribution >= 4 is 54.2 Å². The predicted octanol–water partition coefficient (Wildman–Crippen LogP) is 5.60. The quantitative estimate of drug-likeness (QED) is 0.546. The fourth-order valence-corrected chi connectivity index (χ4v) is 4.52. The van der Waals surface area contributed by atoms with Gasteiger partial charge in [0.1, 0.15) is 0 Å². The van der Waals surface area contributed by atoms with Crippen molar-refractivity contribution in [2.75, 3.05) is 5.32 Å². The van der Waals surface area contributed by atoms with Gasteiger partial charge in [0.15, 0.2) is 5.01 Å². The van der Waals surface area contributed by atoms with E-state index in [1.165, 1.54) is 11.3 Å². The highest BCUT2D eigenvalue weighted by Gasteiger charge is 2.16. The second-order valence-corrected chi connectivity index (χ2v) is 8.01. The monoisotopic (exact) mass is 465 g/mol. The van der Waals surface area contributed by atoms with Gasteiger partial charge in [0.2, 0.25) is 5.13 Å². The summed E-state index contributed by atoms with van der Waals surface area (Å²) in [6, 6.07) is 11.6. The molecule has 4 nitrogen and oxygen atoms in total. The van der Waals surface area contributed by atoms with E-state index in [9.17, 15) is 4.79 Å². The van der Waals surface area contributed by atoms with Gasteiger partial charge in [-0.3, -0.25) is 10.1 Å². The number of carbonyl (C=O) groups excluding carboxylic acids is 1. The number of halogens is 2. The Morgan fingerprint density at radius 2 is 1.79 bits per heavy atom. The number of nitrogens with one attached hydrogen (secondary N) is 1. The van der Waals surface area contributed by atoms with Crippen LogP contribution in [0.3, 0.4) is 0 Å². The van der Waals surface area contributed by atoms with Gasteiger partial charge in [-0.25, -0.2) is 0 Å². The predicted molar refractivity (Wildman–Crippen MR) is 105 cm³/mol. The average molecular weight is 467 g/mol. The lowest BCUT2D eigenvalue weighted by atomic mass is 10.0. The van der Waals surface area contributed by atoms with Crippen molar-refractivity contribution in [3.63, 3.8) is 0 Å². The van der Waals surface area contributed by atoms with Crippen LogP contribution in [-0.2, 0) is 0 Å². The Kier molecular flexibility index (Phi) is 5.12. The van der Waals surface area contributed by atoms with Crippen molar-refractivity contribution in [3.8, 4) is 10.6 Å². The normalized spacial score (nSPS) is 10.7. The maximum Gasteiger partial charge on any atom is 0.258 e. The van der Waals surface area contributed by atoms with Crippen molar-refractivity contribution in [3.05, 3.63) is 62.0 Å². The van der Waals surface area contributed by atoms with Crippen molar-refractivity contribution in [1.82, 2.24) is 10.2 Å². The largest absolute Gasteiger partial charge is 0.296 e. The van der Waals surface area contributed by atoms with Crippen molar-refractivity contribution in [1.29, 1.82) is 0 Å². The molecule has 1 N–H and O–H groups in total. The minimum Gasteiger partial charge on any atom is -0.296 e. The summed E-state index contributed by atoms with van der Waals surface area (Å²) >= 11 is 8.29. The van der Waals surface area contributed by atoms with Crippen LogP contribution in [0.4, 0.5) is 5.13 Å². The van der Waals surface area contributed by atoms with Crippen molar-refractivity contribution < 1.29 is 4.79 Å². The smallest absolute Gasteiger partial charge is 0.258 e. The Morgan fingerprint density at radius 3 is 2.46 bits per heavy atom. The van der Waals surface area contributed by atoms with E-state index < -0.39 is 0 Å². The molecule has 0 fully saturated rings. The van der Waals surface area contributed by atoms with E-state index in [0.29, 0.717) is 10.7 Å². The number of aryl methyl sites for hydroxylation is 2. The number of amides is 1. The van der Waals surface area contributed by atoms with Crippen LogP contribution in [0.1, 0.15) is 21.5 Å². The summed E-state index contributed by atoms with van der Waals surface area (Å²) in [5.41, 5.74) is 3.49. The summed E-state index contributed by atoms with van der Waals surface area (Å²) in [5, 5.41) is 12.3. The molecule has 122 valence electrons. The first-order chi connectivity index (χ1) is 11.5. The van der Waals surface area contributed by atoms with Crippen LogP contribution in [0.15, 0.2) is 45.3 Å². The molecular formula is C17H13Br2N3OS. The summed E-state index contributed by atoms with van der Waals surface area (Å²) in [4.78, 5) is 12.5. The molecule has 0 aliphatic heterocycles. The number of rotatable bonds is 3. The Labute approximate surface area is 160 Å². The van der Waals surface area contributed by atoms with E-state index in [2.05, 4.69) is 47.4 Å². The molecule has 3 rings (SSSR count). The third kappa shape index (κ3) is 3.58. The molecule has 0 bridgehead atoms. The second-order valence-electron chi connectivity index (χ2n) is 5.26. The molecule has 3 aromatic rings. The molecule has 0 aliphatic carbocycles. The number of hydrogen-bond donors (Lipinski definition) is 1. The Bertz CT molecular complexity index is 904. The Morgan fingerprint density at radius 1 is 1.08 bits per heavy atom. The van der Waals surface area contributed by atoms with Gasteiger partial charge in [-0.05, 0) is 43.2 Å². The molecule has 1 aromatic heterocycles. The Balaban J connectivity index is 1.85. The first-order valence-electron chi connectivity index (χ1n) is 7.12. The molecule has 7 heteroatoms. The van der Waals surface area contributed by atoms with E-state index in [0.717, 1.165) is 30.6 Å². The zero-order valence-corrected chi connectivity index (χ0v) is 16.9. The number of aromatic nitrogens is 2. The summed E-state index contributed by atoms with van der Waals surface area (Å²) < 4.78 is 1.90. The maximum absolute atomic E-state index is 12.5. The van der Waals surface area contributed by atoms with Crippen LogP contribution in [-0.4, -0.2) is 16.1 Å². The number of carbonyl (C=O) groups is 1. The van der Waals surface area contributed by atoms with E-state index in [1.807, 2.05) is 50.2 Å². The van der Waals surface area contributed by atoms with Gasteiger partial charge >= 0.3 is 0 Å². The van der Waals surface area contributed by atoms with Gasteiger partial charge in [-0.2, -0.15) is 0 Å². The molecule has 0 unspecified atom stereocenters. The summed E-state index contributed by atoms with van der Waals surface area (Å²) in [7, 11) is 0. The fraction of sp³-hybridized carbons (Fsp3) is 0.118. The van der Waals surface area contributed by atoms with Gasteiger partial charge in [-0.1, -0.05) is 61.4 Å². The average Bonchev–Trinajstić information content (AvgIpc) is 2.95. The van der Waals surface area contributed by atoms with Gasteiger partial charge in [0, 0.05) is 20.1 Å². The van der Waals surface area contributed by atoms with Crippen molar-refractivity contribution in [2.24, 2.45) is 0 Å². The number of benzene rings is 2. The van der Waals surface area contributed by atoms with E-state index in [-0.39, 0.29) is 5.91 Å². The highest BCUT2D eigenvalue weighted by Crippen LogP contribution is 2.34. The SMILES string of the molecule is Cc1cccc(C)c1C(=O)Nc1nnc(-c2ccc(Br)cc2Br)s1. The van der Waals surface area contributed by atoms with Crippen LogP contribution in [0.2, 0.25) is 0 Å². The lowest BCUT2D eigenvalue weighted by molar-refractivity contribution is 0.102. The molecule has 0 atom stereocenters. The molecule has 1 heterocycles. The van der Waals surface area contributed by atoms with Crippen LogP contribution < -0.4 is 5.32 Å². The van der Waals surface area contributed by atoms with Crippen LogP contribution in [0.5, 0.6) is 0 Å². The summed E-state index contributed by atoms with van der Waals surface area (Å²) in [5.74, 6) is -0.164.